The first kappa shape index (κ1) is 107. The summed E-state index contributed by atoms with van der Waals surface area (Å²) in [6, 6.07) is 0. The van der Waals surface area contributed by atoms with E-state index in [1.807, 2.05) is 0 Å². The number of aliphatic hydroxyl groups excluding tert-OH is 1. The number of esters is 4. The van der Waals surface area contributed by atoms with E-state index < -0.39 is 97.5 Å². The highest BCUT2D eigenvalue weighted by Crippen LogP contribution is 2.45. The second-order valence-corrected chi connectivity index (χ2v) is 31.6. The van der Waals surface area contributed by atoms with Crippen LogP contribution in [0.2, 0.25) is 0 Å². The van der Waals surface area contributed by atoms with Crippen LogP contribution in [-0.4, -0.2) is 96.7 Å². The van der Waals surface area contributed by atoms with Gasteiger partial charge in [-0.2, -0.15) is 0 Å². The van der Waals surface area contributed by atoms with Gasteiger partial charge in [0.25, 0.3) is 0 Å². The van der Waals surface area contributed by atoms with Gasteiger partial charge in [0, 0.05) is 25.7 Å². The van der Waals surface area contributed by atoms with Crippen LogP contribution in [0, 0.1) is 0 Å². The number of hydrogen-bond donors (Lipinski definition) is 3. The third kappa shape index (κ3) is 82.7. The minimum Gasteiger partial charge on any atom is -0.462 e. The Labute approximate surface area is 680 Å². The topological polar surface area (TPSA) is 237 Å². The van der Waals surface area contributed by atoms with E-state index >= 15 is 0 Å². The highest BCUT2D eigenvalue weighted by Gasteiger charge is 2.30. The molecule has 0 aliphatic heterocycles. The summed E-state index contributed by atoms with van der Waals surface area (Å²) in [5.41, 5.74) is 0. The van der Waals surface area contributed by atoms with Crippen LogP contribution < -0.4 is 0 Å². The van der Waals surface area contributed by atoms with E-state index in [9.17, 15) is 43.2 Å². The number of unbranched alkanes of at least 4 members (excludes halogenated alkanes) is 29. The number of carbonyl (C=O) groups is 4. The summed E-state index contributed by atoms with van der Waals surface area (Å²) in [7, 11) is -10.00. The molecular weight excluding hydrogens is 1450 g/mol. The van der Waals surface area contributed by atoms with Crippen molar-refractivity contribution in [3.8, 4) is 0 Å². The first-order chi connectivity index (χ1) is 54.7. The monoisotopic (exact) mass is 1610 g/mol. The molecule has 0 aromatic carbocycles. The molecule has 640 valence electrons. The zero-order valence-electron chi connectivity index (χ0n) is 70.3. The average molecular weight is 1610 g/mol. The van der Waals surface area contributed by atoms with Crippen LogP contribution in [-0.2, 0) is 65.4 Å². The number of allylic oxidation sites excluding steroid dienone is 26. The van der Waals surface area contributed by atoms with Gasteiger partial charge in [0.05, 0.1) is 26.4 Å². The molecule has 0 aliphatic carbocycles. The zero-order chi connectivity index (χ0) is 81.7. The van der Waals surface area contributed by atoms with Crippen LogP contribution in [0.1, 0.15) is 349 Å². The number of rotatable bonds is 81. The van der Waals surface area contributed by atoms with Gasteiger partial charge >= 0.3 is 39.5 Å². The van der Waals surface area contributed by atoms with Crippen LogP contribution in [0.15, 0.2) is 158 Å². The van der Waals surface area contributed by atoms with E-state index in [0.29, 0.717) is 25.7 Å². The summed E-state index contributed by atoms with van der Waals surface area (Å²) >= 11 is 0. The number of ether oxygens (including phenoxy) is 4. The molecule has 0 aliphatic rings. The van der Waals surface area contributed by atoms with Gasteiger partial charge in [-0.25, -0.2) is 9.13 Å². The zero-order valence-corrected chi connectivity index (χ0v) is 72.1. The van der Waals surface area contributed by atoms with Crippen molar-refractivity contribution in [3.05, 3.63) is 158 Å². The standard InChI is InChI=1S/C93H156O17P2/c1-5-9-13-17-21-25-29-33-37-41-43-47-50-54-58-62-66-70-74-78-91(96)104-84-89(110-93(98)80-76-72-68-64-60-56-52-48-44-42-38-34-30-26-22-18-14-10-6-2)86-108-112(101,102)106-82-87(94)81-105-111(99,100)107-85-88(109-92(97)79-75-71-67-63-59-55-51-46-40-36-32-28-24-20-16-12-8-4)83-103-90(95)77-73-69-65-61-57-53-49-45-39-35-31-27-23-19-15-11-7-3/h11-12,15-16,21-28,33-40,43-44,47-49,53,87-89,94H,5-10,13-14,17-20,29-32,41-42,45-46,50-52,54-86H2,1-4H3,(H,99,100)(H,101,102)/b15-11-,16-12-,25-21-,26-22-,27-23-,28-24-,37-33-,38-34-,39-35-,40-36-,47-43-,48-44-,53-49-. The third-order valence-corrected chi connectivity index (χ3v) is 19.9. The smallest absolute Gasteiger partial charge is 0.462 e. The molecule has 0 saturated heterocycles. The van der Waals surface area contributed by atoms with Crippen molar-refractivity contribution in [1.82, 2.24) is 0 Å². The van der Waals surface area contributed by atoms with Crippen LogP contribution in [0.4, 0.5) is 0 Å². The molecule has 19 heteroatoms. The van der Waals surface area contributed by atoms with Crippen molar-refractivity contribution < 1.29 is 80.2 Å². The summed E-state index contributed by atoms with van der Waals surface area (Å²) in [4.78, 5) is 73.4. The predicted molar refractivity (Wildman–Crippen MR) is 464 cm³/mol. The first-order valence-corrected chi connectivity index (χ1v) is 46.7. The molecule has 112 heavy (non-hydrogen) atoms. The second kappa shape index (κ2) is 83.6. The minimum absolute atomic E-state index is 0.0728. The molecule has 0 radical (unpaired) electrons. The molecule has 0 bridgehead atoms. The largest absolute Gasteiger partial charge is 0.472 e. The minimum atomic E-state index is -5.00. The highest BCUT2D eigenvalue weighted by molar-refractivity contribution is 7.47. The molecule has 0 saturated carbocycles. The molecular formula is C93H156O17P2. The highest BCUT2D eigenvalue weighted by atomic mass is 31.2. The average Bonchev–Trinajstić information content (AvgIpc) is 0.898. The van der Waals surface area contributed by atoms with Crippen LogP contribution in [0.3, 0.4) is 0 Å². The van der Waals surface area contributed by atoms with Crippen molar-refractivity contribution in [3.63, 3.8) is 0 Å². The summed E-state index contributed by atoms with van der Waals surface area (Å²) in [6.07, 6.45) is 99.0. The fourth-order valence-electron chi connectivity index (χ4n) is 11.4. The van der Waals surface area contributed by atoms with Gasteiger partial charge in [0.2, 0.25) is 0 Å². The first-order valence-electron chi connectivity index (χ1n) is 43.7. The number of carbonyl (C=O) groups excluding carboxylic acids is 4. The Morgan fingerprint density at radius 1 is 0.259 bits per heavy atom. The summed E-state index contributed by atoms with van der Waals surface area (Å²) in [5.74, 6) is -2.24. The van der Waals surface area contributed by atoms with E-state index in [2.05, 4.69) is 186 Å². The van der Waals surface area contributed by atoms with E-state index in [-0.39, 0.29) is 25.7 Å². The Bertz CT molecular complexity index is 2740. The summed E-state index contributed by atoms with van der Waals surface area (Å²) < 4.78 is 68.9. The molecule has 5 unspecified atom stereocenters. The van der Waals surface area contributed by atoms with Crippen LogP contribution >= 0.6 is 15.6 Å². The summed E-state index contributed by atoms with van der Waals surface area (Å²) in [6.45, 7) is 4.57. The Balaban J connectivity index is 5.45. The van der Waals surface area contributed by atoms with E-state index in [0.717, 1.165) is 231 Å². The number of phosphoric acid groups is 2. The van der Waals surface area contributed by atoms with Gasteiger partial charge in [0.15, 0.2) is 12.2 Å². The van der Waals surface area contributed by atoms with Gasteiger partial charge < -0.3 is 33.8 Å². The third-order valence-electron chi connectivity index (χ3n) is 18.0. The van der Waals surface area contributed by atoms with Crippen LogP contribution in [0.5, 0.6) is 0 Å². The van der Waals surface area contributed by atoms with E-state index in [1.54, 1.807) is 0 Å². The van der Waals surface area contributed by atoms with Gasteiger partial charge in [-0.3, -0.25) is 37.3 Å². The lowest BCUT2D eigenvalue weighted by Gasteiger charge is -2.21. The molecule has 0 amide bonds. The van der Waals surface area contributed by atoms with Gasteiger partial charge in [-0.1, -0.05) is 308 Å². The van der Waals surface area contributed by atoms with Gasteiger partial charge in [-0.15, -0.1) is 0 Å². The lowest BCUT2D eigenvalue weighted by atomic mass is 10.1. The van der Waals surface area contributed by atoms with E-state index in [1.165, 1.54) is 38.5 Å². The maximum atomic E-state index is 13.2. The van der Waals surface area contributed by atoms with Crippen molar-refractivity contribution in [1.29, 1.82) is 0 Å². The second-order valence-electron chi connectivity index (χ2n) is 28.7. The van der Waals surface area contributed by atoms with Crippen LogP contribution in [0.25, 0.3) is 0 Å². The Morgan fingerprint density at radius 3 is 0.714 bits per heavy atom. The molecule has 3 N–H and O–H groups in total. The van der Waals surface area contributed by atoms with Gasteiger partial charge in [-0.05, 0) is 173 Å². The Morgan fingerprint density at radius 2 is 0.464 bits per heavy atom. The Kier molecular flexibility index (Phi) is 79.6. The fourth-order valence-corrected chi connectivity index (χ4v) is 12.9. The normalized spacial score (nSPS) is 14.5. The maximum absolute atomic E-state index is 13.2. The van der Waals surface area contributed by atoms with E-state index in [4.69, 9.17) is 37.0 Å². The van der Waals surface area contributed by atoms with Crippen molar-refractivity contribution in [2.24, 2.45) is 0 Å². The maximum Gasteiger partial charge on any atom is 0.472 e. The lowest BCUT2D eigenvalue weighted by Crippen LogP contribution is -2.30. The predicted octanol–water partition coefficient (Wildman–Crippen LogP) is 26.3. The number of phosphoric ester groups is 2. The SMILES string of the molecule is CC/C=C\C/C=C\C/C=C\C/C=C\CCCCCCC(=O)OCC(COP(=O)(O)OCC(O)COP(=O)(O)OCC(COC(=O)CCCCCCCC/C=C\C/C=C\C/C=C\CCCCC)OC(=O)CCCCCCCC/C=C\C/C=C\C/C=C\CCCCC)OC(=O)CCCCCCCCC/C=C\C/C=C\C/C=C\CC. The number of hydrogen-bond acceptors (Lipinski definition) is 15. The molecule has 0 heterocycles. The summed E-state index contributed by atoms with van der Waals surface area (Å²) in [5, 5.41) is 10.7. The lowest BCUT2D eigenvalue weighted by molar-refractivity contribution is -0.161. The molecule has 17 nitrogen and oxygen atoms in total. The molecule has 0 rings (SSSR count). The van der Waals surface area contributed by atoms with Crippen molar-refractivity contribution in [2.75, 3.05) is 39.6 Å². The Hall–Kier alpha value is -5.32. The quantitative estimate of drug-likeness (QED) is 0.0169. The molecule has 0 spiro atoms. The molecule has 0 aromatic rings. The number of aliphatic hydroxyl groups is 1. The van der Waals surface area contributed by atoms with Crippen molar-refractivity contribution >= 4 is 39.5 Å². The van der Waals surface area contributed by atoms with Crippen molar-refractivity contribution in [2.45, 2.75) is 367 Å². The molecule has 5 atom stereocenters. The molecule has 0 fully saturated rings. The fraction of sp³-hybridized carbons (Fsp3) is 0.677. The molecule has 0 aromatic heterocycles. The van der Waals surface area contributed by atoms with Gasteiger partial charge in [0.1, 0.15) is 19.3 Å².